The van der Waals surface area contributed by atoms with Crippen molar-refractivity contribution in [2.75, 3.05) is 0 Å². The predicted molar refractivity (Wildman–Crippen MR) is 40.1 cm³/mol. The monoisotopic (exact) mass is 152 g/mol. The molecular weight excluding hydrogens is 140 g/mol. The first-order chi connectivity index (χ1) is 5.27. The van der Waals surface area contributed by atoms with Gasteiger partial charge in [0.15, 0.2) is 0 Å². The Hall–Kier alpha value is -0.660. The molecule has 0 aromatic rings. The lowest BCUT2D eigenvalue weighted by atomic mass is 9.81. The van der Waals surface area contributed by atoms with Crippen LogP contribution in [0.15, 0.2) is 0 Å². The predicted octanol–water partition coefficient (Wildman–Crippen LogP) is 1.33. The third-order valence-electron chi connectivity index (χ3n) is 2.92. The van der Waals surface area contributed by atoms with Crippen molar-refractivity contribution in [1.82, 2.24) is 0 Å². The number of rotatable bonds is 0. The minimum Gasteiger partial charge on any atom is -0.300 e. The largest absolute Gasteiger partial charge is 0.300 e. The Balaban J connectivity index is 2.15. The Bertz CT molecular complexity index is 208. The molecule has 0 unspecified atom stereocenters. The van der Waals surface area contributed by atoms with E-state index < -0.39 is 0 Å². The summed E-state index contributed by atoms with van der Waals surface area (Å²) in [4.78, 5) is 22.3. The first-order valence-corrected chi connectivity index (χ1v) is 4.32. The molecule has 2 fully saturated rings. The molecule has 0 heterocycles. The van der Waals surface area contributed by atoms with Gasteiger partial charge in [0, 0.05) is 25.2 Å². The zero-order valence-corrected chi connectivity index (χ0v) is 6.51. The van der Waals surface area contributed by atoms with Gasteiger partial charge in [-0.2, -0.15) is 0 Å². The van der Waals surface area contributed by atoms with E-state index in [9.17, 15) is 9.59 Å². The van der Waals surface area contributed by atoms with Gasteiger partial charge in [0.05, 0.1) is 0 Å². The lowest BCUT2D eigenvalue weighted by Crippen LogP contribution is -2.23. The maximum absolute atomic E-state index is 11.3. The summed E-state index contributed by atoms with van der Waals surface area (Å²) in [5.74, 6) is 1.18. The Labute approximate surface area is 66.0 Å². The van der Waals surface area contributed by atoms with Crippen LogP contribution < -0.4 is 0 Å². The van der Waals surface area contributed by atoms with Gasteiger partial charge in [-0.1, -0.05) is 0 Å². The van der Waals surface area contributed by atoms with E-state index in [4.69, 9.17) is 0 Å². The highest BCUT2D eigenvalue weighted by Gasteiger charge is 2.39. The molecule has 0 N–H and O–H groups in total. The molecule has 0 bridgehead atoms. The van der Waals surface area contributed by atoms with Crippen LogP contribution >= 0.6 is 0 Å². The van der Waals surface area contributed by atoms with Gasteiger partial charge < -0.3 is 0 Å². The van der Waals surface area contributed by atoms with E-state index >= 15 is 0 Å². The van der Waals surface area contributed by atoms with Crippen LogP contribution in [0.3, 0.4) is 0 Å². The zero-order chi connectivity index (χ0) is 7.84. The molecule has 0 amide bonds. The molecule has 2 atom stereocenters. The minimum atomic E-state index is 0.122. The molecule has 0 aromatic carbocycles. The number of carbonyl (C=O) groups is 2. The number of hydrogen-bond acceptors (Lipinski definition) is 2. The molecule has 2 heteroatoms. The molecule has 2 rings (SSSR count). The molecule has 0 aromatic heterocycles. The van der Waals surface area contributed by atoms with E-state index in [0.717, 1.165) is 12.8 Å². The van der Waals surface area contributed by atoms with Crippen LogP contribution in [0.25, 0.3) is 0 Å². The Morgan fingerprint density at radius 2 is 2.00 bits per heavy atom. The first-order valence-electron chi connectivity index (χ1n) is 4.32. The van der Waals surface area contributed by atoms with E-state index in [2.05, 4.69) is 0 Å². The van der Waals surface area contributed by atoms with E-state index in [1.165, 1.54) is 0 Å². The summed E-state index contributed by atoms with van der Waals surface area (Å²) >= 11 is 0. The van der Waals surface area contributed by atoms with Crippen LogP contribution in [0.2, 0.25) is 0 Å². The van der Waals surface area contributed by atoms with Crippen molar-refractivity contribution >= 4 is 11.6 Å². The SMILES string of the molecule is O=C1C[C@H]2CCCC(=O)[C@H]2C1. The average Bonchev–Trinajstić information content (AvgIpc) is 2.31. The number of fused-ring (bicyclic) bond motifs is 1. The van der Waals surface area contributed by atoms with Crippen molar-refractivity contribution in [3.05, 3.63) is 0 Å². The fourth-order valence-corrected chi connectivity index (χ4v) is 2.33. The van der Waals surface area contributed by atoms with Gasteiger partial charge in [-0.25, -0.2) is 0 Å². The van der Waals surface area contributed by atoms with Gasteiger partial charge in [0.25, 0.3) is 0 Å². The number of carbonyl (C=O) groups excluding carboxylic acids is 2. The highest BCUT2D eigenvalue weighted by Crippen LogP contribution is 2.38. The third-order valence-corrected chi connectivity index (χ3v) is 2.92. The van der Waals surface area contributed by atoms with Crippen LogP contribution in [-0.4, -0.2) is 11.6 Å². The topological polar surface area (TPSA) is 34.1 Å². The lowest BCUT2D eigenvalue weighted by Gasteiger charge is -2.22. The van der Waals surface area contributed by atoms with Crippen molar-refractivity contribution in [3.63, 3.8) is 0 Å². The van der Waals surface area contributed by atoms with Gasteiger partial charge in [0.2, 0.25) is 0 Å². The summed E-state index contributed by atoms with van der Waals surface area (Å²) in [5, 5.41) is 0. The van der Waals surface area contributed by atoms with Crippen molar-refractivity contribution in [1.29, 1.82) is 0 Å². The highest BCUT2D eigenvalue weighted by molar-refractivity contribution is 5.92. The van der Waals surface area contributed by atoms with Gasteiger partial charge in [-0.05, 0) is 18.8 Å². The van der Waals surface area contributed by atoms with E-state index in [-0.39, 0.29) is 5.92 Å². The Kier molecular flexibility index (Phi) is 1.55. The molecule has 11 heavy (non-hydrogen) atoms. The van der Waals surface area contributed by atoms with Gasteiger partial charge >= 0.3 is 0 Å². The van der Waals surface area contributed by atoms with E-state index in [1.54, 1.807) is 0 Å². The van der Waals surface area contributed by atoms with Crippen LogP contribution in [-0.2, 0) is 9.59 Å². The molecule has 0 saturated heterocycles. The summed E-state index contributed by atoms with van der Waals surface area (Å²) in [6.45, 7) is 0. The standard InChI is InChI=1S/C9H12O2/c10-7-4-6-2-1-3-9(11)8(6)5-7/h6,8H,1-5H2/t6-,8+/m1/s1. The molecule has 2 nitrogen and oxygen atoms in total. The molecule has 2 aliphatic carbocycles. The van der Waals surface area contributed by atoms with Gasteiger partial charge in [0.1, 0.15) is 11.6 Å². The molecule has 0 aliphatic heterocycles. The smallest absolute Gasteiger partial charge is 0.136 e. The second-order valence-corrected chi connectivity index (χ2v) is 3.67. The van der Waals surface area contributed by atoms with E-state index in [1.807, 2.05) is 0 Å². The molecule has 0 radical (unpaired) electrons. The van der Waals surface area contributed by atoms with Crippen molar-refractivity contribution < 1.29 is 9.59 Å². The number of hydrogen-bond donors (Lipinski definition) is 0. The average molecular weight is 152 g/mol. The van der Waals surface area contributed by atoms with Crippen LogP contribution in [0, 0.1) is 11.8 Å². The Morgan fingerprint density at radius 3 is 2.73 bits per heavy atom. The van der Waals surface area contributed by atoms with E-state index in [0.29, 0.717) is 36.7 Å². The summed E-state index contributed by atoms with van der Waals surface area (Å²) < 4.78 is 0. The zero-order valence-electron chi connectivity index (χ0n) is 6.51. The highest BCUT2D eigenvalue weighted by atomic mass is 16.1. The van der Waals surface area contributed by atoms with Crippen LogP contribution in [0.1, 0.15) is 32.1 Å². The minimum absolute atomic E-state index is 0.122. The van der Waals surface area contributed by atoms with Crippen molar-refractivity contribution in [3.8, 4) is 0 Å². The molecule has 2 aliphatic rings. The molecular formula is C9H12O2. The first kappa shape index (κ1) is 7.01. The quantitative estimate of drug-likeness (QED) is 0.524. The fraction of sp³-hybridized carbons (Fsp3) is 0.778. The van der Waals surface area contributed by atoms with Gasteiger partial charge in [-0.15, -0.1) is 0 Å². The second kappa shape index (κ2) is 2.43. The summed E-state index contributed by atoms with van der Waals surface area (Å²) in [5.41, 5.74) is 0. The molecule has 60 valence electrons. The van der Waals surface area contributed by atoms with Crippen molar-refractivity contribution in [2.45, 2.75) is 32.1 Å². The maximum Gasteiger partial charge on any atom is 0.136 e. The lowest BCUT2D eigenvalue weighted by molar-refractivity contribution is -0.126. The summed E-state index contributed by atoms with van der Waals surface area (Å²) in [6, 6.07) is 0. The molecule has 2 saturated carbocycles. The normalized spacial score (nSPS) is 37.5. The van der Waals surface area contributed by atoms with Crippen LogP contribution in [0.4, 0.5) is 0 Å². The number of ketones is 2. The maximum atomic E-state index is 11.3. The third kappa shape index (κ3) is 1.10. The molecule has 0 spiro atoms. The van der Waals surface area contributed by atoms with Crippen LogP contribution in [0.5, 0.6) is 0 Å². The Morgan fingerprint density at radius 1 is 1.18 bits per heavy atom. The van der Waals surface area contributed by atoms with Gasteiger partial charge in [-0.3, -0.25) is 9.59 Å². The summed E-state index contributed by atoms with van der Waals surface area (Å²) in [7, 11) is 0. The number of Topliss-reactive ketones (excluding diaryl/α,β-unsaturated/α-hetero) is 2. The summed E-state index contributed by atoms with van der Waals surface area (Å²) in [6.07, 6.45) is 4.05. The van der Waals surface area contributed by atoms with Crippen molar-refractivity contribution in [2.24, 2.45) is 11.8 Å². The fourth-order valence-electron chi connectivity index (χ4n) is 2.33. The second-order valence-electron chi connectivity index (χ2n) is 3.67.